The molecule has 1 saturated heterocycles. The Labute approximate surface area is 105 Å². The van der Waals surface area contributed by atoms with Crippen molar-refractivity contribution >= 4 is 23.3 Å². The van der Waals surface area contributed by atoms with Crippen molar-refractivity contribution in [3.8, 4) is 0 Å². The highest BCUT2D eigenvalue weighted by Crippen LogP contribution is 2.21. The molecule has 1 aliphatic rings. The molecule has 92 valence electrons. The molecule has 0 radical (unpaired) electrons. The summed E-state index contributed by atoms with van der Waals surface area (Å²) in [5, 5.41) is 12.8. The molecule has 0 aromatic heterocycles. The van der Waals surface area contributed by atoms with Crippen LogP contribution in [0.25, 0.3) is 0 Å². The molecule has 1 aliphatic heterocycles. The van der Waals surface area contributed by atoms with E-state index in [9.17, 15) is 9.90 Å². The van der Waals surface area contributed by atoms with Gasteiger partial charge in [0, 0.05) is 23.2 Å². The number of aliphatic carboxylic acids is 1. The number of nitrogens with one attached hydrogen (secondary N) is 1. The number of ether oxygens (including phenoxy) is 1. The van der Waals surface area contributed by atoms with Crippen molar-refractivity contribution in [3.63, 3.8) is 0 Å². The molecule has 2 atom stereocenters. The third kappa shape index (κ3) is 3.11. The average Bonchev–Trinajstić information content (AvgIpc) is 2.81. The van der Waals surface area contributed by atoms with Crippen LogP contribution in [0.4, 0.5) is 5.69 Å². The fourth-order valence-corrected chi connectivity index (χ4v) is 2.05. The van der Waals surface area contributed by atoms with Gasteiger partial charge in [0.2, 0.25) is 0 Å². The second-order valence-electron chi connectivity index (χ2n) is 4.09. The summed E-state index contributed by atoms with van der Waals surface area (Å²) in [6.07, 6.45) is 0.775. The third-order valence-corrected chi connectivity index (χ3v) is 3.12. The van der Waals surface area contributed by atoms with Crippen molar-refractivity contribution in [2.45, 2.75) is 12.5 Å². The molecule has 1 heterocycles. The normalized spacial score (nSPS) is 21.1. The zero-order chi connectivity index (χ0) is 12.3. The molecule has 1 aromatic carbocycles. The minimum absolute atomic E-state index is 0.0168. The summed E-state index contributed by atoms with van der Waals surface area (Å²) in [4.78, 5) is 11.2. The van der Waals surface area contributed by atoms with E-state index >= 15 is 0 Å². The van der Waals surface area contributed by atoms with Crippen molar-refractivity contribution in [1.82, 2.24) is 0 Å². The van der Waals surface area contributed by atoms with Gasteiger partial charge in [0.25, 0.3) is 0 Å². The Balaban J connectivity index is 2.06. The number of carboxylic acid groups (broad SMARTS) is 1. The highest BCUT2D eigenvalue weighted by Gasteiger charge is 2.31. The minimum Gasteiger partial charge on any atom is -0.480 e. The molecule has 2 unspecified atom stereocenters. The van der Waals surface area contributed by atoms with Gasteiger partial charge in [-0.1, -0.05) is 11.6 Å². The summed E-state index contributed by atoms with van der Waals surface area (Å²) in [6, 6.07) is 6.39. The van der Waals surface area contributed by atoms with Crippen molar-refractivity contribution in [2.75, 3.05) is 18.5 Å². The van der Waals surface area contributed by atoms with Gasteiger partial charge in [0.15, 0.2) is 0 Å². The Kier molecular flexibility index (Phi) is 3.86. The maximum atomic E-state index is 11.2. The van der Waals surface area contributed by atoms with Crippen molar-refractivity contribution in [3.05, 3.63) is 29.3 Å². The molecule has 0 spiro atoms. The molecule has 5 heteroatoms. The van der Waals surface area contributed by atoms with Crippen LogP contribution in [0.2, 0.25) is 5.02 Å². The summed E-state index contributed by atoms with van der Waals surface area (Å²) in [7, 11) is 0. The van der Waals surface area contributed by atoms with Crippen molar-refractivity contribution in [1.29, 1.82) is 0 Å². The summed E-state index contributed by atoms with van der Waals surface area (Å²) in [6.45, 7) is 1.13. The van der Waals surface area contributed by atoms with Crippen LogP contribution in [0.15, 0.2) is 24.3 Å². The summed E-state index contributed by atoms with van der Waals surface area (Å²) < 4.78 is 5.22. The number of hydrogen-bond acceptors (Lipinski definition) is 3. The van der Waals surface area contributed by atoms with E-state index in [2.05, 4.69) is 5.32 Å². The molecular weight excluding hydrogens is 242 g/mol. The Hall–Kier alpha value is -1.26. The van der Waals surface area contributed by atoms with Gasteiger partial charge in [-0.15, -0.1) is 0 Å². The number of anilines is 1. The molecular formula is C12H14ClNO3. The number of carbonyl (C=O) groups is 1. The number of hydrogen-bond donors (Lipinski definition) is 2. The lowest BCUT2D eigenvalue weighted by Gasteiger charge is -2.20. The van der Waals surface area contributed by atoms with Gasteiger partial charge in [0.1, 0.15) is 6.04 Å². The Morgan fingerprint density at radius 1 is 1.47 bits per heavy atom. The van der Waals surface area contributed by atoms with E-state index in [1.807, 2.05) is 0 Å². The van der Waals surface area contributed by atoms with Gasteiger partial charge in [-0.05, 0) is 30.7 Å². The lowest BCUT2D eigenvalue weighted by molar-refractivity contribution is -0.139. The summed E-state index contributed by atoms with van der Waals surface area (Å²) in [5.41, 5.74) is 0.758. The minimum atomic E-state index is -0.851. The van der Waals surface area contributed by atoms with Gasteiger partial charge in [0.05, 0.1) is 6.61 Å². The van der Waals surface area contributed by atoms with E-state index < -0.39 is 12.0 Å². The average molecular weight is 256 g/mol. The van der Waals surface area contributed by atoms with E-state index in [0.29, 0.717) is 18.2 Å². The SMILES string of the molecule is O=C(O)C(Nc1ccc(Cl)cc1)C1CCOC1. The molecule has 2 rings (SSSR count). The Morgan fingerprint density at radius 3 is 2.71 bits per heavy atom. The number of halogens is 1. The third-order valence-electron chi connectivity index (χ3n) is 2.87. The van der Waals surface area contributed by atoms with Crippen LogP contribution in [-0.4, -0.2) is 30.3 Å². The molecule has 0 amide bonds. The first-order valence-electron chi connectivity index (χ1n) is 5.49. The van der Waals surface area contributed by atoms with E-state index in [1.54, 1.807) is 24.3 Å². The van der Waals surface area contributed by atoms with Crippen LogP contribution >= 0.6 is 11.6 Å². The molecule has 4 nitrogen and oxygen atoms in total. The quantitative estimate of drug-likeness (QED) is 0.866. The molecule has 17 heavy (non-hydrogen) atoms. The lowest BCUT2D eigenvalue weighted by Crippen LogP contribution is -2.37. The van der Waals surface area contributed by atoms with Crippen LogP contribution in [0.5, 0.6) is 0 Å². The summed E-state index contributed by atoms with van der Waals surface area (Å²) >= 11 is 5.77. The Bertz CT molecular complexity index is 387. The second kappa shape index (κ2) is 5.38. The predicted molar refractivity (Wildman–Crippen MR) is 65.4 cm³/mol. The monoisotopic (exact) mass is 255 g/mol. The molecule has 1 fully saturated rings. The zero-order valence-electron chi connectivity index (χ0n) is 9.23. The first kappa shape index (κ1) is 12.2. The molecule has 0 bridgehead atoms. The smallest absolute Gasteiger partial charge is 0.326 e. The molecule has 1 aromatic rings. The van der Waals surface area contributed by atoms with Gasteiger partial charge in [-0.3, -0.25) is 0 Å². The van der Waals surface area contributed by atoms with E-state index in [-0.39, 0.29) is 5.92 Å². The first-order chi connectivity index (χ1) is 8.16. The largest absolute Gasteiger partial charge is 0.480 e. The van der Waals surface area contributed by atoms with Crippen molar-refractivity contribution < 1.29 is 14.6 Å². The van der Waals surface area contributed by atoms with Gasteiger partial charge in [-0.2, -0.15) is 0 Å². The van der Waals surface area contributed by atoms with Gasteiger partial charge < -0.3 is 15.2 Å². The fraction of sp³-hybridized carbons (Fsp3) is 0.417. The topological polar surface area (TPSA) is 58.6 Å². The predicted octanol–water partition coefficient (Wildman–Crippen LogP) is 2.24. The number of rotatable bonds is 4. The van der Waals surface area contributed by atoms with Crippen LogP contribution in [-0.2, 0) is 9.53 Å². The first-order valence-corrected chi connectivity index (χ1v) is 5.87. The lowest BCUT2D eigenvalue weighted by atomic mass is 9.99. The fourth-order valence-electron chi connectivity index (χ4n) is 1.92. The zero-order valence-corrected chi connectivity index (χ0v) is 9.98. The Morgan fingerprint density at radius 2 is 2.18 bits per heavy atom. The maximum absolute atomic E-state index is 11.2. The molecule has 0 aliphatic carbocycles. The second-order valence-corrected chi connectivity index (χ2v) is 4.53. The maximum Gasteiger partial charge on any atom is 0.326 e. The van der Waals surface area contributed by atoms with Crippen LogP contribution in [0, 0.1) is 5.92 Å². The van der Waals surface area contributed by atoms with Gasteiger partial charge in [-0.25, -0.2) is 4.79 Å². The van der Waals surface area contributed by atoms with E-state index in [4.69, 9.17) is 16.3 Å². The van der Waals surface area contributed by atoms with Crippen LogP contribution in [0.1, 0.15) is 6.42 Å². The van der Waals surface area contributed by atoms with Crippen LogP contribution in [0.3, 0.4) is 0 Å². The summed E-state index contributed by atoms with van der Waals surface area (Å²) in [5.74, 6) is -0.835. The van der Waals surface area contributed by atoms with Gasteiger partial charge >= 0.3 is 5.97 Å². The number of carboxylic acids is 1. The van der Waals surface area contributed by atoms with E-state index in [0.717, 1.165) is 12.1 Å². The molecule has 0 saturated carbocycles. The van der Waals surface area contributed by atoms with Crippen LogP contribution < -0.4 is 5.32 Å². The van der Waals surface area contributed by atoms with E-state index in [1.165, 1.54) is 0 Å². The number of benzene rings is 1. The highest BCUT2D eigenvalue weighted by atomic mass is 35.5. The standard InChI is InChI=1S/C12H14ClNO3/c13-9-1-3-10(4-2-9)14-11(12(15)16)8-5-6-17-7-8/h1-4,8,11,14H,5-7H2,(H,15,16). The van der Waals surface area contributed by atoms with Crippen molar-refractivity contribution in [2.24, 2.45) is 5.92 Å². The highest BCUT2D eigenvalue weighted by molar-refractivity contribution is 6.30. The molecule has 2 N–H and O–H groups in total.